The maximum absolute atomic E-state index is 10.9. The van der Waals surface area contributed by atoms with E-state index in [0.717, 1.165) is 30.7 Å². The van der Waals surface area contributed by atoms with Crippen LogP contribution in [-0.4, -0.2) is 48.7 Å². The second kappa shape index (κ2) is 6.78. The summed E-state index contributed by atoms with van der Waals surface area (Å²) in [4.78, 5) is 6.57. The van der Waals surface area contributed by atoms with Crippen LogP contribution in [0.3, 0.4) is 0 Å². The van der Waals surface area contributed by atoms with Gasteiger partial charge in [-0.15, -0.1) is 5.10 Å². The fourth-order valence-electron chi connectivity index (χ4n) is 3.40. The van der Waals surface area contributed by atoms with Crippen LogP contribution in [0.1, 0.15) is 18.7 Å². The highest BCUT2D eigenvalue weighted by molar-refractivity contribution is 5.55. The van der Waals surface area contributed by atoms with Gasteiger partial charge in [0.1, 0.15) is 0 Å². The van der Waals surface area contributed by atoms with Crippen LogP contribution in [0.4, 0.5) is 0 Å². The van der Waals surface area contributed by atoms with E-state index in [1.165, 1.54) is 0 Å². The maximum Gasteiger partial charge on any atom is 0.209 e. The van der Waals surface area contributed by atoms with Crippen LogP contribution < -0.4 is 0 Å². The first-order valence-corrected chi connectivity index (χ1v) is 8.49. The minimum Gasteiger partial charge on any atom is -0.439 e. The smallest absolute Gasteiger partial charge is 0.209 e. The van der Waals surface area contributed by atoms with Gasteiger partial charge in [-0.2, -0.15) is 0 Å². The van der Waals surface area contributed by atoms with Gasteiger partial charge in [-0.1, -0.05) is 35.5 Å². The van der Waals surface area contributed by atoms with Crippen molar-refractivity contribution < 1.29 is 9.52 Å². The molecule has 3 heterocycles. The van der Waals surface area contributed by atoms with Gasteiger partial charge in [-0.05, 0) is 19.4 Å². The number of hydrogen-bond donors (Lipinski definition) is 1. The van der Waals surface area contributed by atoms with E-state index in [1.807, 2.05) is 30.3 Å². The minimum absolute atomic E-state index is 0.449. The first-order valence-electron chi connectivity index (χ1n) is 8.49. The van der Waals surface area contributed by atoms with E-state index in [2.05, 4.69) is 20.2 Å². The highest BCUT2D eigenvalue weighted by Crippen LogP contribution is 2.25. The molecule has 1 aliphatic heterocycles. The molecular formula is C18H21N5O2. The third-order valence-electron chi connectivity index (χ3n) is 4.53. The van der Waals surface area contributed by atoms with Crippen molar-refractivity contribution >= 4 is 0 Å². The molecule has 1 aliphatic rings. The SMILES string of the molecule is OC1(Cn2ccnn2)CCCN(Cc2ncc(-c3ccccc3)o2)C1. The molecule has 25 heavy (non-hydrogen) atoms. The predicted octanol–water partition coefficient (Wildman–Crippen LogP) is 1.96. The van der Waals surface area contributed by atoms with Crippen molar-refractivity contribution in [1.29, 1.82) is 0 Å². The number of piperidine rings is 1. The molecule has 2 aromatic heterocycles. The molecule has 4 rings (SSSR count). The molecule has 3 aromatic rings. The molecule has 130 valence electrons. The Morgan fingerprint density at radius 2 is 2.12 bits per heavy atom. The van der Waals surface area contributed by atoms with Gasteiger partial charge in [0.25, 0.3) is 0 Å². The normalized spacial score (nSPS) is 21.5. The van der Waals surface area contributed by atoms with Gasteiger partial charge in [-0.25, -0.2) is 9.67 Å². The maximum atomic E-state index is 10.9. The van der Waals surface area contributed by atoms with Crippen LogP contribution in [0, 0.1) is 0 Å². The van der Waals surface area contributed by atoms with E-state index < -0.39 is 5.60 Å². The molecule has 0 amide bonds. The Kier molecular flexibility index (Phi) is 4.33. The van der Waals surface area contributed by atoms with E-state index in [1.54, 1.807) is 23.3 Å². The van der Waals surface area contributed by atoms with Crippen molar-refractivity contribution in [2.24, 2.45) is 0 Å². The lowest BCUT2D eigenvalue weighted by molar-refractivity contribution is -0.0494. The van der Waals surface area contributed by atoms with E-state index in [-0.39, 0.29) is 0 Å². The zero-order chi connectivity index (χ0) is 17.1. The van der Waals surface area contributed by atoms with Crippen molar-refractivity contribution in [2.75, 3.05) is 13.1 Å². The van der Waals surface area contributed by atoms with Gasteiger partial charge in [0.15, 0.2) is 5.76 Å². The first-order chi connectivity index (χ1) is 12.2. The molecule has 1 atom stereocenters. The zero-order valence-corrected chi connectivity index (χ0v) is 14.0. The van der Waals surface area contributed by atoms with Crippen molar-refractivity contribution in [3.63, 3.8) is 0 Å². The average molecular weight is 339 g/mol. The van der Waals surface area contributed by atoms with Crippen molar-refractivity contribution in [3.05, 3.63) is 54.8 Å². The zero-order valence-electron chi connectivity index (χ0n) is 14.0. The number of aromatic nitrogens is 4. The molecule has 0 radical (unpaired) electrons. The van der Waals surface area contributed by atoms with E-state index in [9.17, 15) is 5.11 Å². The molecule has 0 bridgehead atoms. The lowest BCUT2D eigenvalue weighted by Gasteiger charge is -2.38. The Balaban J connectivity index is 1.42. The number of rotatable bonds is 5. The summed E-state index contributed by atoms with van der Waals surface area (Å²) in [5.41, 5.74) is 0.212. The summed E-state index contributed by atoms with van der Waals surface area (Å²) >= 11 is 0. The summed E-state index contributed by atoms with van der Waals surface area (Å²) in [6, 6.07) is 9.94. The third kappa shape index (κ3) is 3.78. The van der Waals surface area contributed by atoms with Crippen LogP contribution in [0.2, 0.25) is 0 Å². The van der Waals surface area contributed by atoms with Crippen molar-refractivity contribution in [2.45, 2.75) is 31.5 Å². The second-order valence-corrected chi connectivity index (χ2v) is 6.62. The number of likely N-dealkylation sites (tertiary alicyclic amines) is 1. The monoisotopic (exact) mass is 339 g/mol. The summed E-state index contributed by atoms with van der Waals surface area (Å²) < 4.78 is 7.57. The molecule has 0 aliphatic carbocycles. The van der Waals surface area contributed by atoms with Crippen molar-refractivity contribution in [1.82, 2.24) is 24.9 Å². The van der Waals surface area contributed by atoms with Crippen molar-refractivity contribution in [3.8, 4) is 11.3 Å². The molecule has 1 unspecified atom stereocenters. The number of benzene rings is 1. The highest BCUT2D eigenvalue weighted by Gasteiger charge is 2.34. The number of oxazole rings is 1. The first kappa shape index (κ1) is 16.0. The standard InChI is InChI=1S/C18H21N5O2/c24-18(14-23-10-8-20-21-23)7-4-9-22(13-18)12-17-19-11-16(25-17)15-5-2-1-3-6-15/h1-3,5-6,8,10-11,24H,4,7,9,12-14H2. The molecule has 1 aromatic carbocycles. The molecule has 7 heteroatoms. The second-order valence-electron chi connectivity index (χ2n) is 6.62. The summed E-state index contributed by atoms with van der Waals surface area (Å²) in [6.07, 6.45) is 6.84. The van der Waals surface area contributed by atoms with Gasteiger partial charge in [0.2, 0.25) is 5.89 Å². The lowest BCUT2D eigenvalue weighted by atomic mass is 9.93. The summed E-state index contributed by atoms with van der Waals surface area (Å²) in [7, 11) is 0. The van der Waals surface area contributed by atoms with Crippen LogP contribution >= 0.6 is 0 Å². The summed E-state index contributed by atoms with van der Waals surface area (Å²) in [5, 5.41) is 18.7. The Morgan fingerprint density at radius 3 is 2.92 bits per heavy atom. The topological polar surface area (TPSA) is 80.2 Å². The lowest BCUT2D eigenvalue weighted by Crippen LogP contribution is -2.50. The quantitative estimate of drug-likeness (QED) is 0.765. The number of aliphatic hydroxyl groups is 1. The average Bonchev–Trinajstić information content (AvgIpc) is 3.27. The largest absolute Gasteiger partial charge is 0.439 e. The molecule has 1 saturated heterocycles. The highest BCUT2D eigenvalue weighted by atomic mass is 16.4. The van der Waals surface area contributed by atoms with Gasteiger partial charge < -0.3 is 9.52 Å². The van der Waals surface area contributed by atoms with E-state index in [0.29, 0.717) is 25.5 Å². The van der Waals surface area contributed by atoms with Gasteiger partial charge in [-0.3, -0.25) is 4.90 Å². The van der Waals surface area contributed by atoms with Gasteiger partial charge in [0.05, 0.1) is 31.1 Å². The predicted molar refractivity (Wildman–Crippen MR) is 91.4 cm³/mol. The Bertz CT molecular complexity index is 802. The molecule has 0 spiro atoms. The fourth-order valence-corrected chi connectivity index (χ4v) is 3.40. The van der Waals surface area contributed by atoms with E-state index in [4.69, 9.17) is 4.42 Å². The van der Waals surface area contributed by atoms with Crippen LogP contribution in [-0.2, 0) is 13.1 Å². The van der Waals surface area contributed by atoms with Crippen LogP contribution in [0.15, 0.2) is 53.3 Å². The number of β-amino-alcohol motifs (C(OH)–C–C–N with tert-alkyl or cyclic N) is 1. The van der Waals surface area contributed by atoms with E-state index >= 15 is 0 Å². The molecule has 7 nitrogen and oxygen atoms in total. The van der Waals surface area contributed by atoms with Gasteiger partial charge >= 0.3 is 0 Å². The molecular weight excluding hydrogens is 318 g/mol. The van der Waals surface area contributed by atoms with Gasteiger partial charge in [0, 0.05) is 18.3 Å². The molecule has 1 N–H and O–H groups in total. The minimum atomic E-state index is -0.805. The Hall–Kier alpha value is -2.51. The van der Waals surface area contributed by atoms with Crippen LogP contribution in [0.25, 0.3) is 11.3 Å². The summed E-state index contributed by atoms with van der Waals surface area (Å²) in [6.45, 7) is 2.52. The Labute approximate surface area is 145 Å². The molecule has 0 saturated carbocycles. The molecule has 1 fully saturated rings. The van der Waals surface area contributed by atoms with Crippen LogP contribution in [0.5, 0.6) is 0 Å². The third-order valence-corrected chi connectivity index (χ3v) is 4.53. The number of hydrogen-bond acceptors (Lipinski definition) is 6. The fraction of sp³-hybridized carbons (Fsp3) is 0.389. The number of nitrogens with zero attached hydrogens (tertiary/aromatic N) is 5. The summed E-state index contributed by atoms with van der Waals surface area (Å²) in [5.74, 6) is 1.44. The Morgan fingerprint density at radius 1 is 1.24 bits per heavy atom.